The third-order valence-electron chi connectivity index (χ3n) is 4.68. The molecule has 3 rings (SSSR count). The topological polar surface area (TPSA) is 44.4 Å². The fourth-order valence-electron chi connectivity index (χ4n) is 3.75. The maximum absolute atomic E-state index is 11.6. The summed E-state index contributed by atoms with van der Waals surface area (Å²) in [6.07, 6.45) is 6.88. The number of carbonyl (C=O) groups is 1. The molecule has 1 amide bonds. The summed E-state index contributed by atoms with van der Waals surface area (Å²) in [5.41, 5.74) is 0. The maximum atomic E-state index is 11.6. The molecule has 2 saturated heterocycles. The van der Waals surface area contributed by atoms with E-state index < -0.39 is 0 Å². The molecule has 3 fully saturated rings. The fraction of sp³-hybridized carbons (Fsp3) is 0.923. The summed E-state index contributed by atoms with van der Waals surface area (Å²) >= 11 is 0. The van der Waals surface area contributed by atoms with Crippen LogP contribution in [0.4, 0.5) is 0 Å². The Hall–Kier alpha value is -0.610. The molecule has 2 heterocycles. The van der Waals surface area contributed by atoms with Crippen LogP contribution in [-0.4, -0.2) is 49.1 Å². The lowest BCUT2D eigenvalue weighted by Crippen LogP contribution is -2.67. The van der Waals surface area contributed by atoms with Gasteiger partial charge in [-0.05, 0) is 18.8 Å². The molecule has 0 aromatic rings. The van der Waals surface area contributed by atoms with Gasteiger partial charge in [0.1, 0.15) is 0 Å². The van der Waals surface area contributed by atoms with Crippen molar-refractivity contribution >= 4 is 5.91 Å². The van der Waals surface area contributed by atoms with Gasteiger partial charge in [-0.3, -0.25) is 9.69 Å². The SMILES string of the molecule is O=C1CN2C(CNCC2C2CCCCC2)CN1. The number of hydrogen-bond acceptors (Lipinski definition) is 3. The molecule has 1 aliphatic carbocycles. The van der Waals surface area contributed by atoms with E-state index in [2.05, 4.69) is 15.5 Å². The van der Waals surface area contributed by atoms with Gasteiger partial charge < -0.3 is 10.6 Å². The smallest absolute Gasteiger partial charge is 0.234 e. The molecular formula is C13H23N3O. The van der Waals surface area contributed by atoms with Gasteiger partial charge in [0.2, 0.25) is 5.91 Å². The quantitative estimate of drug-likeness (QED) is 0.691. The highest BCUT2D eigenvalue weighted by molar-refractivity contribution is 5.79. The second-order valence-electron chi connectivity index (χ2n) is 5.75. The van der Waals surface area contributed by atoms with Crippen LogP contribution < -0.4 is 10.6 Å². The van der Waals surface area contributed by atoms with Gasteiger partial charge in [-0.25, -0.2) is 0 Å². The Balaban J connectivity index is 1.70. The van der Waals surface area contributed by atoms with E-state index in [1.165, 1.54) is 32.1 Å². The lowest BCUT2D eigenvalue weighted by Gasteiger charge is -2.48. The predicted molar refractivity (Wildman–Crippen MR) is 66.7 cm³/mol. The molecule has 0 radical (unpaired) electrons. The minimum absolute atomic E-state index is 0.212. The molecule has 17 heavy (non-hydrogen) atoms. The number of hydrogen-bond donors (Lipinski definition) is 2. The normalized spacial score (nSPS) is 36.4. The minimum Gasteiger partial charge on any atom is -0.353 e. The first-order valence-electron chi connectivity index (χ1n) is 7.08. The number of nitrogens with zero attached hydrogens (tertiary/aromatic N) is 1. The summed E-state index contributed by atoms with van der Waals surface area (Å²) in [6.45, 7) is 3.56. The maximum Gasteiger partial charge on any atom is 0.234 e. The van der Waals surface area contributed by atoms with Crippen molar-refractivity contribution in [2.45, 2.75) is 44.2 Å². The zero-order valence-corrected chi connectivity index (χ0v) is 10.5. The molecule has 96 valence electrons. The van der Waals surface area contributed by atoms with Gasteiger partial charge in [-0.15, -0.1) is 0 Å². The van der Waals surface area contributed by atoms with Gasteiger partial charge in [0.25, 0.3) is 0 Å². The molecule has 4 heteroatoms. The molecule has 1 saturated carbocycles. The number of nitrogens with one attached hydrogen (secondary N) is 2. The van der Waals surface area contributed by atoms with Crippen LogP contribution in [0.1, 0.15) is 32.1 Å². The zero-order chi connectivity index (χ0) is 11.7. The first kappa shape index (κ1) is 11.5. The van der Waals surface area contributed by atoms with E-state index >= 15 is 0 Å². The minimum atomic E-state index is 0.212. The first-order valence-corrected chi connectivity index (χ1v) is 7.08. The monoisotopic (exact) mass is 237 g/mol. The predicted octanol–water partition coefficient (Wildman–Crippen LogP) is 0.339. The Bertz CT molecular complexity index is 288. The molecule has 0 aromatic carbocycles. The molecule has 0 aromatic heterocycles. The van der Waals surface area contributed by atoms with Crippen LogP contribution in [0.25, 0.3) is 0 Å². The molecule has 2 N–H and O–H groups in total. The Morgan fingerprint density at radius 1 is 1.06 bits per heavy atom. The highest BCUT2D eigenvalue weighted by Gasteiger charge is 2.38. The van der Waals surface area contributed by atoms with Crippen LogP contribution in [0.2, 0.25) is 0 Å². The summed E-state index contributed by atoms with van der Waals surface area (Å²) in [7, 11) is 0. The van der Waals surface area contributed by atoms with E-state index in [0.29, 0.717) is 18.6 Å². The van der Waals surface area contributed by atoms with Crippen molar-refractivity contribution in [1.82, 2.24) is 15.5 Å². The number of rotatable bonds is 1. The van der Waals surface area contributed by atoms with Crippen molar-refractivity contribution in [3.63, 3.8) is 0 Å². The van der Waals surface area contributed by atoms with Gasteiger partial charge >= 0.3 is 0 Å². The number of fused-ring (bicyclic) bond motifs is 1. The van der Waals surface area contributed by atoms with Crippen LogP contribution in [0, 0.1) is 5.92 Å². The summed E-state index contributed by atoms with van der Waals surface area (Å²) in [5.74, 6) is 1.02. The third kappa shape index (κ3) is 2.33. The lowest BCUT2D eigenvalue weighted by molar-refractivity contribution is -0.128. The second-order valence-corrected chi connectivity index (χ2v) is 5.75. The Morgan fingerprint density at radius 3 is 2.71 bits per heavy atom. The molecule has 2 atom stereocenters. The summed E-state index contributed by atoms with van der Waals surface area (Å²) in [6, 6.07) is 1.12. The van der Waals surface area contributed by atoms with Crippen LogP contribution in [0.15, 0.2) is 0 Å². The average molecular weight is 237 g/mol. The third-order valence-corrected chi connectivity index (χ3v) is 4.68. The second kappa shape index (κ2) is 4.94. The standard InChI is InChI=1S/C13H23N3O/c17-13-9-16-11(7-15-13)6-14-8-12(16)10-4-2-1-3-5-10/h10-12,14H,1-9H2,(H,15,17). The molecule has 0 bridgehead atoms. The van der Waals surface area contributed by atoms with E-state index in [1.54, 1.807) is 0 Å². The summed E-state index contributed by atoms with van der Waals surface area (Å²) in [4.78, 5) is 14.1. The van der Waals surface area contributed by atoms with Gasteiger partial charge in [0.15, 0.2) is 0 Å². The van der Waals surface area contributed by atoms with Gasteiger partial charge in [0, 0.05) is 31.7 Å². The first-order chi connectivity index (χ1) is 8.34. The highest BCUT2D eigenvalue weighted by Crippen LogP contribution is 2.31. The summed E-state index contributed by atoms with van der Waals surface area (Å²) < 4.78 is 0. The molecule has 2 unspecified atom stereocenters. The van der Waals surface area contributed by atoms with Crippen LogP contribution >= 0.6 is 0 Å². The molecule has 2 aliphatic heterocycles. The van der Waals surface area contributed by atoms with Gasteiger partial charge in [0.05, 0.1) is 6.54 Å². The van der Waals surface area contributed by atoms with Crippen molar-refractivity contribution in [1.29, 1.82) is 0 Å². The van der Waals surface area contributed by atoms with Gasteiger partial charge in [-0.2, -0.15) is 0 Å². The van der Waals surface area contributed by atoms with Gasteiger partial charge in [-0.1, -0.05) is 19.3 Å². The van der Waals surface area contributed by atoms with Crippen molar-refractivity contribution in [2.75, 3.05) is 26.2 Å². The summed E-state index contributed by atoms with van der Waals surface area (Å²) in [5, 5.41) is 6.54. The fourth-order valence-corrected chi connectivity index (χ4v) is 3.75. The van der Waals surface area contributed by atoms with Crippen LogP contribution in [-0.2, 0) is 4.79 Å². The zero-order valence-electron chi connectivity index (χ0n) is 10.5. The Morgan fingerprint density at radius 2 is 1.88 bits per heavy atom. The molecule has 3 aliphatic rings. The van der Waals surface area contributed by atoms with Crippen molar-refractivity contribution < 1.29 is 4.79 Å². The molecular weight excluding hydrogens is 214 g/mol. The largest absolute Gasteiger partial charge is 0.353 e. The van der Waals surface area contributed by atoms with E-state index in [9.17, 15) is 4.79 Å². The lowest BCUT2D eigenvalue weighted by atomic mass is 9.81. The highest BCUT2D eigenvalue weighted by atomic mass is 16.2. The average Bonchev–Trinajstić information content (AvgIpc) is 2.39. The van der Waals surface area contributed by atoms with E-state index in [-0.39, 0.29) is 5.91 Å². The Labute approximate surface area is 103 Å². The van der Waals surface area contributed by atoms with E-state index in [4.69, 9.17) is 0 Å². The molecule has 4 nitrogen and oxygen atoms in total. The van der Waals surface area contributed by atoms with Crippen LogP contribution in [0.5, 0.6) is 0 Å². The Kier molecular flexibility index (Phi) is 3.34. The number of carbonyl (C=O) groups excluding carboxylic acids is 1. The number of amides is 1. The molecule has 0 spiro atoms. The van der Waals surface area contributed by atoms with E-state index in [0.717, 1.165) is 25.6 Å². The van der Waals surface area contributed by atoms with Crippen LogP contribution in [0.3, 0.4) is 0 Å². The van der Waals surface area contributed by atoms with Crippen molar-refractivity contribution in [3.8, 4) is 0 Å². The van der Waals surface area contributed by atoms with Crippen molar-refractivity contribution in [2.24, 2.45) is 5.92 Å². The van der Waals surface area contributed by atoms with E-state index in [1.807, 2.05) is 0 Å². The van der Waals surface area contributed by atoms with Crippen molar-refractivity contribution in [3.05, 3.63) is 0 Å². The number of piperazine rings is 2.